The maximum absolute atomic E-state index is 4.58. The molecule has 0 spiro atoms. The summed E-state index contributed by atoms with van der Waals surface area (Å²) >= 11 is 0. The lowest BCUT2D eigenvalue weighted by molar-refractivity contribution is 0.878. The van der Waals surface area contributed by atoms with E-state index in [9.17, 15) is 0 Å². The van der Waals surface area contributed by atoms with Crippen molar-refractivity contribution in [2.75, 3.05) is 0 Å². The minimum absolute atomic E-state index is 0.0143. The average Bonchev–Trinajstić information content (AvgIpc) is 3.12. The maximum Gasteiger partial charge on any atom is 0.0922 e. The van der Waals surface area contributed by atoms with Crippen molar-refractivity contribution in [1.29, 1.82) is 0 Å². The summed E-state index contributed by atoms with van der Waals surface area (Å²) in [6, 6.07) is 12.5. The number of nitrogens with zero attached hydrogens (tertiary/aromatic N) is 3. The van der Waals surface area contributed by atoms with Gasteiger partial charge in [-0.05, 0) is 60.9 Å². The predicted octanol–water partition coefficient (Wildman–Crippen LogP) is 4.15. The van der Waals surface area contributed by atoms with E-state index in [0.717, 1.165) is 16.9 Å². The van der Waals surface area contributed by atoms with Crippen LogP contribution in [0.4, 0.5) is 0 Å². The first kappa shape index (κ1) is 14.6. The van der Waals surface area contributed by atoms with Crippen molar-refractivity contribution in [3.05, 3.63) is 89.4 Å². The van der Waals surface area contributed by atoms with Crippen LogP contribution in [0.15, 0.2) is 61.3 Å². The normalized spacial score (nSPS) is 12.4. The molecule has 24 heavy (non-hydrogen) atoms. The highest BCUT2D eigenvalue weighted by atomic mass is 14.9. The Bertz CT molecular complexity index is 975. The Hall–Kier alpha value is -3.01. The van der Waals surface area contributed by atoms with E-state index in [-0.39, 0.29) is 5.92 Å². The van der Waals surface area contributed by atoms with Crippen molar-refractivity contribution < 1.29 is 0 Å². The molecule has 1 aromatic carbocycles. The number of hydrogen-bond donors (Lipinski definition) is 1. The minimum Gasteiger partial charge on any atom is -0.348 e. The molecule has 0 radical (unpaired) electrons. The van der Waals surface area contributed by atoms with Crippen LogP contribution in [-0.4, -0.2) is 19.9 Å². The van der Waals surface area contributed by atoms with Crippen molar-refractivity contribution in [1.82, 2.24) is 19.9 Å². The lowest BCUT2D eigenvalue weighted by Crippen LogP contribution is -2.08. The van der Waals surface area contributed by atoms with E-state index in [1.807, 2.05) is 36.8 Å². The molecule has 0 aliphatic rings. The highest BCUT2D eigenvalue weighted by Gasteiger charge is 2.22. The number of aromatic nitrogens is 4. The van der Waals surface area contributed by atoms with E-state index in [2.05, 4.69) is 52.0 Å². The summed E-state index contributed by atoms with van der Waals surface area (Å²) in [7, 11) is 0. The summed E-state index contributed by atoms with van der Waals surface area (Å²) in [5.41, 5.74) is 6.70. The summed E-state index contributed by atoms with van der Waals surface area (Å²) in [5, 5.41) is 1.20. The van der Waals surface area contributed by atoms with Gasteiger partial charge in [-0.3, -0.25) is 9.97 Å². The van der Waals surface area contributed by atoms with Gasteiger partial charge in [0.25, 0.3) is 0 Å². The van der Waals surface area contributed by atoms with Gasteiger partial charge >= 0.3 is 0 Å². The Morgan fingerprint density at radius 3 is 2.62 bits per heavy atom. The van der Waals surface area contributed by atoms with Crippen LogP contribution < -0.4 is 0 Å². The fraction of sp³-hybridized carbons (Fsp3) is 0.150. The fourth-order valence-corrected chi connectivity index (χ4v) is 3.22. The third kappa shape index (κ3) is 2.46. The van der Waals surface area contributed by atoms with Crippen molar-refractivity contribution >= 4 is 10.9 Å². The Labute approximate surface area is 140 Å². The number of aryl methyl sites for hydroxylation is 2. The minimum atomic E-state index is 0.0143. The fourth-order valence-electron chi connectivity index (χ4n) is 3.22. The number of rotatable bonds is 3. The Morgan fingerprint density at radius 1 is 0.958 bits per heavy atom. The number of benzene rings is 1. The van der Waals surface area contributed by atoms with E-state index in [1.165, 1.54) is 22.1 Å². The molecular weight excluding hydrogens is 296 g/mol. The van der Waals surface area contributed by atoms with Gasteiger partial charge < -0.3 is 4.98 Å². The van der Waals surface area contributed by atoms with Gasteiger partial charge in [0.05, 0.1) is 23.5 Å². The third-order valence-corrected chi connectivity index (χ3v) is 4.47. The first-order chi connectivity index (χ1) is 11.7. The van der Waals surface area contributed by atoms with Crippen LogP contribution in [0, 0.1) is 13.8 Å². The van der Waals surface area contributed by atoms with Crippen LogP contribution in [0.3, 0.4) is 0 Å². The van der Waals surface area contributed by atoms with E-state index in [1.54, 1.807) is 6.33 Å². The van der Waals surface area contributed by atoms with Crippen LogP contribution in [0.5, 0.6) is 0 Å². The van der Waals surface area contributed by atoms with E-state index < -0.39 is 0 Å². The highest BCUT2D eigenvalue weighted by Crippen LogP contribution is 2.33. The molecule has 4 heteroatoms. The molecule has 0 amide bonds. The van der Waals surface area contributed by atoms with Crippen LogP contribution in [0.25, 0.3) is 10.9 Å². The van der Waals surface area contributed by atoms with E-state index in [4.69, 9.17) is 0 Å². The monoisotopic (exact) mass is 314 g/mol. The second kappa shape index (κ2) is 5.89. The number of fused-ring (bicyclic) bond motifs is 1. The number of nitrogens with one attached hydrogen (secondary N) is 1. The largest absolute Gasteiger partial charge is 0.348 e. The lowest BCUT2D eigenvalue weighted by Gasteiger charge is -2.19. The quantitative estimate of drug-likeness (QED) is 0.618. The molecular formula is C20H18N4. The Kier molecular flexibility index (Phi) is 3.58. The van der Waals surface area contributed by atoms with Gasteiger partial charge in [0.15, 0.2) is 0 Å². The van der Waals surface area contributed by atoms with Gasteiger partial charge in [-0.1, -0.05) is 6.07 Å². The summed E-state index contributed by atoms with van der Waals surface area (Å²) in [4.78, 5) is 16.6. The first-order valence-corrected chi connectivity index (χ1v) is 7.99. The average molecular weight is 314 g/mol. The van der Waals surface area contributed by atoms with Gasteiger partial charge in [0.2, 0.25) is 0 Å². The smallest absolute Gasteiger partial charge is 0.0922 e. The van der Waals surface area contributed by atoms with E-state index in [0.29, 0.717) is 0 Å². The maximum atomic E-state index is 4.58. The van der Waals surface area contributed by atoms with Crippen molar-refractivity contribution in [2.24, 2.45) is 0 Å². The van der Waals surface area contributed by atoms with Crippen LogP contribution in [-0.2, 0) is 0 Å². The molecule has 4 rings (SSSR count). The standard InChI is InChI=1S/C20H18N4/c1-13-6-8-23-18-10-16(14(2)9-15(13)18)20(19-11-21-12-24-19)17-5-3-4-7-22-17/h3-12,20H,1-2H3,(H,21,24). The third-order valence-electron chi connectivity index (χ3n) is 4.47. The molecule has 0 saturated carbocycles. The highest BCUT2D eigenvalue weighted by molar-refractivity contribution is 5.83. The summed E-state index contributed by atoms with van der Waals surface area (Å²) in [6.45, 7) is 4.27. The molecule has 0 aliphatic carbocycles. The molecule has 0 fully saturated rings. The molecule has 118 valence electrons. The van der Waals surface area contributed by atoms with Crippen LogP contribution in [0.1, 0.15) is 34.0 Å². The number of H-pyrrole nitrogens is 1. The predicted molar refractivity (Wildman–Crippen MR) is 95.0 cm³/mol. The zero-order valence-electron chi connectivity index (χ0n) is 13.7. The summed E-state index contributed by atoms with van der Waals surface area (Å²) < 4.78 is 0. The summed E-state index contributed by atoms with van der Waals surface area (Å²) in [5.74, 6) is 0.0143. The molecule has 1 N–H and O–H groups in total. The SMILES string of the molecule is Cc1cc2c(C)ccnc2cc1C(c1ccccn1)c1cnc[nH]1. The molecule has 0 saturated heterocycles. The molecule has 0 bridgehead atoms. The van der Waals surface area contributed by atoms with Gasteiger partial charge in [0, 0.05) is 29.7 Å². The molecule has 4 aromatic rings. The van der Waals surface area contributed by atoms with Crippen molar-refractivity contribution in [3.8, 4) is 0 Å². The van der Waals surface area contributed by atoms with Gasteiger partial charge in [-0.15, -0.1) is 0 Å². The second-order valence-electron chi connectivity index (χ2n) is 6.05. The Balaban J connectivity index is 1.96. The van der Waals surface area contributed by atoms with Crippen LogP contribution in [0.2, 0.25) is 0 Å². The zero-order valence-corrected chi connectivity index (χ0v) is 13.7. The summed E-state index contributed by atoms with van der Waals surface area (Å²) in [6.07, 6.45) is 7.27. The zero-order chi connectivity index (χ0) is 16.5. The van der Waals surface area contributed by atoms with Gasteiger partial charge in [-0.25, -0.2) is 4.98 Å². The second-order valence-corrected chi connectivity index (χ2v) is 6.05. The van der Waals surface area contributed by atoms with Crippen LogP contribution >= 0.6 is 0 Å². The van der Waals surface area contributed by atoms with E-state index >= 15 is 0 Å². The number of imidazole rings is 1. The molecule has 4 nitrogen and oxygen atoms in total. The number of hydrogen-bond acceptors (Lipinski definition) is 3. The molecule has 0 aliphatic heterocycles. The van der Waals surface area contributed by atoms with Crippen molar-refractivity contribution in [2.45, 2.75) is 19.8 Å². The van der Waals surface area contributed by atoms with Gasteiger partial charge in [-0.2, -0.15) is 0 Å². The van der Waals surface area contributed by atoms with Gasteiger partial charge in [0.1, 0.15) is 0 Å². The molecule has 1 atom stereocenters. The topological polar surface area (TPSA) is 54.5 Å². The lowest BCUT2D eigenvalue weighted by atomic mass is 9.88. The molecule has 1 unspecified atom stereocenters. The Morgan fingerprint density at radius 2 is 1.88 bits per heavy atom. The van der Waals surface area contributed by atoms with Crippen molar-refractivity contribution in [3.63, 3.8) is 0 Å². The first-order valence-electron chi connectivity index (χ1n) is 7.99. The molecule has 3 heterocycles. The molecule has 3 aromatic heterocycles. The number of pyridine rings is 2. The number of aromatic amines is 1.